The molecule has 1 amide bonds. The number of carbonyl (C=O) groups is 1. The summed E-state index contributed by atoms with van der Waals surface area (Å²) in [6.45, 7) is 10.9. The molecule has 12 heteroatoms. The van der Waals surface area contributed by atoms with Crippen molar-refractivity contribution in [2.75, 3.05) is 26.2 Å². The lowest BCUT2D eigenvalue weighted by Crippen LogP contribution is -2.42. The monoisotopic (exact) mass is 582 g/mol. The van der Waals surface area contributed by atoms with Gasteiger partial charge in [-0.2, -0.15) is 18.3 Å². The van der Waals surface area contributed by atoms with Gasteiger partial charge in [-0.1, -0.05) is 30.3 Å². The highest BCUT2D eigenvalue weighted by Gasteiger charge is 2.51. The summed E-state index contributed by atoms with van der Waals surface area (Å²) in [5, 5.41) is 12.1. The SMILES string of the molecule is Cc1ccc(N=C/C(=C\N)C(=O)NCc2nc(C(C)(C)C(F)(F)F)n[nH]2)c(C)c1-c1ccc(CN2CCNCC2)cc1. The maximum absolute atomic E-state index is 13.3. The Morgan fingerprint density at radius 1 is 1.12 bits per heavy atom. The van der Waals surface area contributed by atoms with Crippen LogP contribution in [0.4, 0.5) is 18.9 Å². The third kappa shape index (κ3) is 7.05. The van der Waals surface area contributed by atoms with Crippen LogP contribution in [-0.4, -0.2) is 64.6 Å². The first-order valence-corrected chi connectivity index (χ1v) is 13.8. The predicted octanol–water partition coefficient (Wildman–Crippen LogP) is 4.19. The molecule has 1 aromatic heterocycles. The number of nitrogens with one attached hydrogen (secondary N) is 3. The van der Waals surface area contributed by atoms with E-state index >= 15 is 0 Å². The minimum absolute atomic E-state index is 0.0851. The van der Waals surface area contributed by atoms with E-state index in [4.69, 9.17) is 5.73 Å². The number of amides is 1. The molecule has 1 fully saturated rings. The van der Waals surface area contributed by atoms with Crippen LogP contribution in [0.1, 0.15) is 42.2 Å². The number of hydrogen-bond acceptors (Lipinski definition) is 7. The molecule has 0 radical (unpaired) electrons. The highest BCUT2D eigenvalue weighted by molar-refractivity contribution is 6.12. The molecule has 1 aliphatic rings. The van der Waals surface area contributed by atoms with Gasteiger partial charge in [0.1, 0.15) is 11.2 Å². The second-order valence-corrected chi connectivity index (χ2v) is 10.9. The Bertz CT molecular complexity index is 1450. The van der Waals surface area contributed by atoms with E-state index in [1.165, 1.54) is 11.8 Å². The number of rotatable bonds is 9. The molecule has 0 bridgehead atoms. The molecule has 0 spiro atoms. The third-order valence-corrected chi connectivity index (χ3v) is 7.50. The van der Waals surface area contributed by atoms with Crippen LogP contribution in [0.15, 0.2) is 53.2 Å². The smallest absolute Gasteiger partial charge is 0.401 e. The summed E-state index contributed by atoms with van der Waals surface area (Å²) < 4.78 is 39.8. The molecule has 224 valence electrons. The number of piperazine rings is 1. The van der Waals surface area contributed by atoms with Crippen LogP contribution in [0.25, 0.3) is 11.1 Å². The first-order chi connectivity index (χ1) is 19.9. The Morgan fingerprint density at radius 3 is 2.45 bits per heavy atom. The highest BCUT2D eigenvalue weighted by Crippen LogP contribution is 2.38. The minimum Gasteiger partial charge on any atom is -0.404 e. The fourth-order valence-corrected chi connectivity index (χ4v) is 4.69. The van der Waals surface area contributed by atoms with Crippen molar-refractivity contribution in [2.24, 2.45) is 10.7 Å². The Hall–Kier alpha value is -4.03. The summed E-state index contributed by atoms with van der Waals surface area (Å²) in [7, 11) is 0. The van der Waals surface area contributed by atoms with Gasteiger partial charge in [0.25, 0.3) is 5.91 Å². The van der Waals surface area contributed by atoms with Gasteiger partial charge >= 0.3 is 6.18 Å². The summed E-state index contributed by atoms with van der Waals surface area (Å²) in [4.78, 5) is 23.6. The van der Waals surface area contributed by atoms with Gasteiger partial charge in [0, 0.05) is 45.1 Å². The standard InChI is InChI=1S/C30H37F3N8O/c1-19-5-10-24(20(2)26(19)22-8-6-21(7-9-22)18-41-13-11-35-12-14-41)36-16-23(15-34)27(42)37-17-25-38-28(40-39-25)29(3,4)30(31,32)33/h5-10,15-16,35H,11-14,17-18,34H2,1-4H3,(H,37,42)(H,38,39,40)/b23-15+,36-16?. The lowest BCUT2D eigenvalue weighted by atomic mass is 9.92. The molecule has 0 saturated carbocycles. The molecule has 4 rings (SSSR count). The Morgan fingerprint density at radius 2 is 1.81 bits per heavy atom. The van der Waals surface area contributed by atoms with Crippen molar-refractivity contribution in [3.8, 4) is 11.1 Å². The van der Waals surface area contributed by atoms with Crippen LogP contribution in [0.5, 0.6) is 0 Å². The van der Waals surface area contributed by atoms with Crippen LogP contribution in [0.3, 0.4) is 0 Å². The fraction of sp³-hybridized carbons (Fsp3) is 0.400. The van der Waals surface area contributed by atoms with E-state index in [-0.39, 0.29) is 17.9 Å². The number of aromatic nitrogens is 3. The zero-order chi connectivity index (χ0) is 30.5. The molecular formula is C30H37F3N8O. The van der Waals surface area contributed by atoms with Gasteiger partial charge in [-0.3, -0.25) is 19.8 Å². The second kappa shape index (κ2) is 12.9. The van der Waals surface area contributed by atoms with Crippen LogP contribution in [0.2, 0.25) is 0 Å². The van der Waals surface area contributed by atoms with Gasteiger partial charge in [0.2, 0.25) is 0 Å². The van der Waals surface area contributed by atoms with Gasteiger partial charge < -0.3 is 16.4 Å². The topological polar surface area (TPSA) is 124 Å². The number of nitrogens with two attached hydrogens (primary N) is 1. The van der Waals surface area contributed by atoms with Crippen molar-refractivity contribution in [1.29, 1.82) is 0 Å². The van der Waals surface area contributed by atoms with E-state index in [0.29, 0.717) is 5.69 Å². The number of H-pyrrole nitrogens is 1. The van der Waals surface area contributed by atoms with Crippen molar-refractivity contribution in [1.82, 2.24) is 30.7 Å². The van der Waals surface area contributed by atoms with E-state index in [2.05, 4.69) is 60.0 Å². The molecule has 9 nitrogen and oxygen atoms in total. The zero-order valence-corrected chi connectivity index (χ0v) is 24.3. The number of alkyl halides is 3. The molecule has 42 heavy (non-hydrogen) atoms. The predicted molar refractivity (Wildman–Crippen MR) is 157 cm³/mol. The van der Waals surface area contributed by atoms with Crippen LogP contribution in [0, 0.1) is 13.8 Å². The molecule has 0 atom stereocenters. The minimum atomic E-state index is -4.52. The lowest BCUT2D eigenvalue weighted by Gasteiger charge is -2.27. The second-order valence-electron chi connectivity index (χ2n) is 10.9. The molecule has 1 aliphatic heterocycles. The number of aliphatic imine (C=N–C) groups is 1. The molecular weight excluding hydrogens is 545 g/mol. The quantitative estimate of drug-likeness (QED) is 0.222. The Kier molecular flexibility index (Phi) is 9.47. The summed E-state index contributed by atoms with van der Waals surface area (Å²) in [6, 6.07) is 12.4. The number of nitrogens with zero attached hydrogens (tertiary/aromatic N) is 4. The van der Waals surface area contributed by atoms with E-state index in [9.17, 15) is 18.0 Å². The van der Waals surface area contributed by atoms with Crippen LogP contribution >= 0.6 is 0 Å². The maximum Gasteiger partial charge on any atom is 0.401 e. The van der Waals surface area contributed by atoms with Crippen molar-refractivity contribution < 1.29 is 18.0 Å². The van der Waals surface area contributed by atoms with Gasteiger partial charge in [-0.25, -0.2) is 4.98 Å². The Balaban J connectivity index is 1.43. The normalized spacial score (nSPS) is 15.4. The van der Waals surface area contributed by atoms with Crippen molar-refractivity contribution in [3.05, 3.63) is 76.5 Å². The summed E-state index contributed by atoms with van der Waals surface area (Å²) >= 11 is 0. The van der Waals surface area contributed by atoms with Crippen molar-refractivity contribution >= 4 is 17.8 Å². The van der Waals surface area contributed by atoms with Crippen LogP contribution < -0.4 is 16.4 Å². The van der Waals surface area contributed by atoms with Gasteiger partial charge in [-0.15, -0.1) is 0 Å². The average molecular weight is 583 g/mol. The number of aryl methyl sites for hydroxylation is 1. The molecule has 3 aromatic rings. The van der Waals surface area contributed by atoms with E-state index in [1.54, 1.807) is 0 Å². The molecule has 5 N–H and O–H groups in total. The number of halogens is 3. The lowest BCUT2D eigenvalue weighted by molar-refractivity contribution is -0.182. The summed E-state index contributed by atoms with van der Waals surface area (Å²) in [6.07, 6.45) is -2.03. The van der Waals surface area contributed by atoms with E-state index in [1.807, 2.05) is 26.0 Å². The fourth-order valence-electron chi connectivity index (χ4n) is 4.69. The number of carbonyl (C=O) groups excluding carboxylic acids is 1. The molecule has 2 aromatic carbocycles. The number of hydrogen-bond donors (Lipinski definition) is 4. The van der Waals surface area contributed by atoms with E-state index < -0.39 is 23.3 Å². The van der Waals surface area contributed by atoms with Gasteiger partial charge in [0.05, 0.1) is 17.8 Å². The molecule has 0 unspecified atom stereocenters. The average Bonchev–Trinajstić information content (AvgIpc) is 3.44. The van der Waals surface area contributed by atoms with Crippen molar-refractivity contribution in [2.45, 2.75) is 52.4 Å². The summed E-state index contributed by atoms with van der Waals surface area (Å²) in [5.74, 6) is -0.878. The first kappa shape index (κ1) is 30.9. The Labute approximate surface area is 243 Å². The number of aromatic amines is 1. The van der Waals surface area contributed by atoms with E-state index in [0.717, 1.165) is 75.0 Å². The zero-order valence-electron chi connectivity index (χ0n) is 24.3. The molecule has 1 saturated heterocycles. The molecule has 0 aliphatic carbocycles. The van der Waals surface area contributed by atoms with Crippen molar-refractivity contribution in [3.63, 3.8) is 0 Å². The third-order valence-electron chi connectivity index (χ3n) is 7.50. The van der Waals surface area contributed by atoms with Crippen LogP contribution in [-0.2, 0) is 23.3 Å². The largest absolute Gasteiger partial charge is 0.404 e. The summed E-state index contributed by atoms with van der Waals surface area (Å²) in [5.41, 5.74) is 9.71. The number of benzene rings is 2. The van der Waals surface area contributed by atoms with Gasteiger partial charge in [-0.05, 0) is 61.6 Å². The maximum atomic E-state index is 13.3. The highest BCUT2D eigenvalue weighted by atomic mass is 19.4. The molecule has 2 heterocycles. The van der Waals surface area contributed by atoms with Gasteiger partial charge in [0.15, 0.2) is 5.82 Å². The first-order valence-electron chi connectivity index (χ1n) is 13.8.